The lowest BCUT2D eigenvalue weighted by Crippen LogP contribution is -2.48. The first-order chi connectivity index (χ1) is 15.6. The van der Waals surface area contributed by atoms with E-state index in [1.165, 1.54) is 12.8 Å². The number of carbonyl (C=O) groups excluding carboxylic acids is 2. The van der Waals surface area contributed by atoms with Crippen LogP contribution in [0.3, 0.4) is 0 Å². The third-order valence-corrected chi connectivity index (χ3v) is 7.41. The standard InChI is InChI=1S/C26H32N4O2/c31-24(15-20-7-2-1-3-8-20)29-14-6-12-26(25(32)28-16-21-10-11-21)19-30(18-22(26)17-29)23-9-4-5-13-27-23/h1-5,7-9,13,21-22H,6,10-12,14-19H2,(H,28,32)/t22-,26-/m1/s1. The highest BCUT2D eigenvalue weighted by Crippen LogP contribution is 2.44. The van der Waals surface area contributed by atoms with Crippen molar-refractivity contribution < 1.29 is 9.59 Å². The normalized spacial score (nSPS) is 25.2. The first-order valence-corrected chi connectivity index (χ1v) is 11.9. The molecule has 0 spiro atoms. The topological polar surface area (TPSA) is 65.5 Å². The van der Waals surface area contributed by atoms with Gasteiger partial charge >= 0.3 is 0 Å². The fourth-order valence-electron chi connectivity index (χ4n) is 5.36. The van der Waals surface area contributed by atoms with Crippen LogP contribution in [0.1, 0.15) is 31.2 Å². The number of nitrogens with zero attached hydrogens (tertiary/aromatic N) is 3. The summed E-state index contributed by atoms with van der Waals surface area (Å²) in [7, 11) is 0. The van der Waals surface area contributed by atoms with Crippen molar-refractivity contribution in [1.82, 2.24) is 15.2 Å². The Hall–Kier alpha value is -2.89. The first kappa shape index (κ1) is 21.0. The second-order valence-electron chi connectivity index (χ2n) is 9.68. The van der Waals surface area contributed by atoms with Crippen LogP contribution in [0.25, 0.3) is 0 Å². The molecule has 1 aromatic heterocycles. The van der Waals surface area contributed by atoms with E-state index in [1.807, 2.05) is 53.4 Å². The zero-order chi connectivity index (χ0) is 22.0. The molecule has 1 saturated carbocycles. The van der Waals surface area contributed by atoms with E-state index in [1.54, 1.807) is 6.20 Å². The van der Waals surface area contributed by atoms with Gasteiger partial charge < -0.3 is 15.1 Å². The van der Waals surface area contributed by atoms with Crippen molar-refractivity contribution in [2.75, 3.05) is 37.6 Å². The van der Waals surface area contributed by atoms with Gasteiger partial charge in [-0.1, -0.05) is 36.4 Å². The van der Waals surface area contributed by atoms with E-state index in [2.05, 4.69) is 15.2 Å². The maximum Gasteiger partial charge on any atom is 0.228 e. The van der Waals surface area contributed by atoms with Crippen molar-refractivity contribution in [2.45, 2.75) is 32.1 Å². The van der Waals surface area contributed by atoms with Crippen LogP contribution in [0.15, 0.2) is 54.7 Å². The molecule has 168 valence electrons. The zero-order valence-corrected chi connectivity index (χ0v) is 18.6. The van der Waals surface area contributed by atoms with Crippen LogP contribution in [0, 0.1) is 17.3 Å². The molecule has 2 aliphatic heterocycles. The average Bonchev–Trinajstić information content (AvgIpc) is 3.61. The number of benzene rings is 1. The zero-order valence-electron chi connectivity index (χ0n) is 18.6. The Morgan fingerprint density at radius 2 is 1.88 bits per heavy atom. The Bertz CT molecular complexity index is 947. The number of likely N-dealkylation sites (tertiary alicyclic amines) is 1. The Balaban J connectivity index is 1.36. The molecule has 0 radical (unpaired) electrons. The third kappa shape index (κ3) is 4.36. The van der Waals surface area contributed by atoms with Gasteiger partial charge in [-0.3, -0.25) is 9.59 Å². The van der Waals surface area contributed by atoms with E-state index in [-0.39, 0.29) is 17.7 Å². The number of hydrogen-bond donors (Lipinski definition) is 1. The van der Waals surface area contributed by atoms with Crippen LogP contribution in [0.4, 0.5) is 5.82 Å². The monoisotopic (exact) mass is 432 g/mol. The van der Waals surface area contributed by atoms with Crippen molar-refractivity contribution in [2.24, 2.45) is 17.3 Å². The summed E-state index contributed by atoms with van der Waals surface area (Å²) < 4.78 is 0. The molecule has 32 heavy (non-hydrogen) atoms. The summed E-state index contributed by atoms with van der Waals surface area (Å²) in [4.78, 5) is 35.5. The highest BCUT2D eigenvalue weighted by atomic mass is 16.2. The summed E-state index contributed by atoms with van der Waals surface area (Å²) in [6.07, 6.45) is 6.32. The Morgan fingerprint density at radius 3 is 2.62 bits per heavy atom. The Kier molecular flexibility index (Phi) is 5.85. The molecule has 2 aromatic rings. The van der Waals surface area contributed by atoms with E-state index >= 15 is 0 Å². The van der Waals surface area contributed by atoms with Crippen molar-refractivity contribution >= 4 is 17.6 Å². The second kappa shape index (κ2) is 8.93. The van der Waals surface area contributed by atoms with Crippen LogP contribution >= 0.6 is 0 Å². The summed E-state index contributed by atoms with van der Waals surface area (Å²) in [6.45, 7) is 3.57. The molecular formula is C26H32N4O2. The lowest BCUT2D eigenvalue weighted by molar-refractivity contribution is -0.135. The predicted molar refractivity (Wildman–Crippen MR) is 124 cm³/mol. The molecule has 6 nitrogen and oxygen atoms in total. The molecule has 3 aliphatic rings. The fourth-order valence-corrected chi connectivity index (χ4v) is 5.36. The summed E-state index contributed by atoms with van der Waals surface area (Å²) in [6, 6.07) is 15.8. The number of hydrogen-bond acceptors (Lipinski definition) is 4. The number of amides is 2. The summed E-state index contributed by atoms with van der Waals surface area (Å²) in [5.41, 5.74) is 0.575. The molecule has 5 rings (SSSR count). The molecule has 2 amide bonds. The summed E-state index contributed by atoms with van der Waals surface area (Å²) in [5, 5.41) is 3.27. The lowest BCUT2D eigenvalue weighted by atomic mass is 9.74. The van der Waals surface area contributed by atoms with Gasteiger partial charge in [0, 0.05) is 44.8 Å². The number of rotatable bonds is 6. The van der Waals surface area contributed by atoms with Gasteiger partial charge in [-0.05, 0) is 49.3 Å². The highest BCUT2D eigenvalue weighted by molar-refractivity contribution is 5.85. The van der Waals surface area contributed by atoms with Crippen LogP contribution < -0.4 is 10.2 Å². The van der Waals surface area contributed by atoms with Gasteiger partial charge in [0.25, 0.3) is 0 Å². The lowest BCUT2D eigenvalue weighted by Gasteiger charge is -2.32. The SMILES string of the molecule is O=C(Cc1ccccc1)N1CCC[C@@]2(C(=O)NCC3CC3)CN(c3ccccn3)C[C@H]2C1. The van der Waals surface area contributed by atoms with E-state index < -0.39 is 5.41 Å². The van der Waals surface area contributed by atoms with Crippen LogP contribution in [-0.2, 0) is 16.0 Å². The van der Waals surface area contributed by atoms with Gasteiger partial charge in [-0.25, -0.2) is 4.98 Å². The minimum Gasteiger partial charge on any atom is -0.355 e. The molecule has 2 atom stereocenters. The Morgan fingerprint density at radius 1 is 1.06 bits per heavy atom. The molecule has 3 fully saturated rings. The minimum absolute atomic E-state index is 0.103. The number of anilines is 1. The van der Waals surface area contributed by atoms with E-state index in [9.17, 15) is 9.59 Å². The maximum atomic E-state index is 13.6. The van der Waals surface area contributed by atoms with E-state index in [0.717, 1.165) is 43.9 Å². The van der Waals surface area contributed by atoms with Crippen molar-refractivity contribution in [1.29, 1.82) is 0 Å². The summed E-state index contributed by atoms with van der Waals surface area (Å²) >= 11 is 0. The number of fused-ring (bicyclic) bond motifs is 1. The van der Waals surface area contributed by atoms with Crippen LogP contribution in [0.5, 0.6) is 0 Å². The molecule has 1 aliphatic carbocycles. The average molecular weight is 433 g/mol. The van der Waals surface area contributed by atoms with Gasteiger partial charge in [0.05, 0.1) is 11.8 Å². The highest BCUT2D eigenvalue weighted by Gasteiger charge is 2.53. The van der Waals surface area contributed by atoms with Crippen LogP contribution in [0.2, 0.25) is 0 Å². The van der Waals surface area contributed by atoms with Gasteiger partial charge in [-0.15, -0.1) is 0 Å². The van der Waals surface area contributed by atoms with Crippen molar-refractivity contribution in [3.05, 3.63) is 60.3 Å². The Labute approximate surface area is 190 Å². The van der Waals surface area contributed by atoms with Gasteiger partial charge in [0.15, 0.2) is 0 Å². The van der Waals surface area contributed by atoms with Gasteiger partial charge in [-0.2, -0.15) is 0 Å². The molecule has 0 bridgehead atoms. The third-order valence-electron chi connectivity index (χ3n) is 7.41. The predicted octanol–water partition coefficient (Wildman–Crippen LogP) is 2.90. The number of pyridine rings is 1. The molecule has 3 heterocycles. The van der Waals surface area contributed by atoms with Gasteiger partial charge in [0.1, 0.15) is 5.82 Å². The number of nitrogens with one attached hydrogen (secondary N) is 1. The smallest absolute Gasteiger partial charge is 0.228 e. The molecule has 1 N–H and O–H groups in total. The van der Waals surface area contributed by atoms with E-state index in [4.69, 9.17) is 0 Å². The van der Waals surface area contributed by atoms with Crippen molar-refractivity contribution in [3.63, 3.8) is 0 Å². The molecule has 2 saturated heterocycles. The largest absolute Gasteiger partial charge is 0.355 e. The molecule has 0 unspecified atom stereocenters. The quantitative estimate of drug-likeness (QED) is 0.762. The molecular weight excluding hydrogens is 400 g/mol. The molecule has 1 aromatic carbocycles. The molecule has 6 heteroatoms. The van der Waals surface area contributed by atoms with Gasteiger partial charge in [0.2, 0.25) is 11.8 Å². The second-order valence-corrected chi connectivity index (χ2v) is 9.68. The summed E-state index contributed by atoms with van der Waals surface area (Å²) in [5.74, 6) is 1.99. The minimum atomic E-state index is -0.464. The number of aromatic nitrogens is 1. The van der Waals surface area contributed by atoms with Crippen molar-refractivity contribution in [3.8, 4) is 0 Å². The van der Waals surface area contributed by atoms with E-state index in [0.29, 0.717) is 25.4 Å². The first-order valence-electron chi connectivity index (χ1n) is 11.9. The maximum absolute atomic E-state index is 13.6. The van der Waals surface area contributed by atoms with Crippen LogP contribution in [-0.4, -0.2) is 54.4 Å². The number of carbonyl (C=O) groups is 2. The fraction of sp³-hybridized carbons (Fsp3) is 0.500.